The molecule has 1 aliphatic rings. The molecule has 11 heavy (non-hydrogen) atoms. The molecule has 0 fully saturated rings. The molecule has 1 aliphatic carbocycles. The zero-order valence-corrected chi connectivity index (χ0v) is 6.51. The predicted octanol–water partition coefficient (Wildman–Crippen LogP) is 1.54. The molecule has 1 heterocycles. The van der Waals surface area contributed by atoms with Crippen LogP contribution in [0, 0.1) is 6.92 Å². The lowest BCUT2D eigenvalue weighted by atomic mass is 10.0. The molecule has 0 saturated heterocycles. The van der Waals surface area contributed by atoms with E-state index >= 15 is 0 Å². The summed E-state index contributed by atoms with van der Waals surface area (Å²) in [4.78, 5) is 8.63. The summed E-state index contributed by atoms with van der Waals surface area (Å²) in [7, 11) is 0. The SMILES string of the molecule is [CH2]c1cnc2c(n1)CCCC2. The minimum atomic E-state index is 0.797. The first-order valence-electron chi connectivity index (χ1n) is 4.03. The van der Waals surface area contributed by atoms with Crippen molar-refractivity contribution in [2.75, 3.05) is 0 Å². The van der Waals surface area contributed by atoms with Gasteiger partial charge in [-0.1, -0.05) is 0 Å². The van der Waals surface area contributed by atoms with Crippen molar-refractivity contribution in [1.82, 2.24) is 9.97 Å². The van der Waals surface area contributed by atoms with Gasteiger partial charge >= 0.3 is 0 Å². The number of nitrogens with zero attached hydrogens (tertiary/aromatic N) is 2. The molecular weight excluding hydrogens is 136 g/mol. The summed E-state index contributed by atoms with van der Waals surface area (Å²) in [6.45, 7) is 3.76. The molecule has 0 unspecified atom stereocenters. The highest BCUT2D eigenvalue weighted by atomic mass is 14.8. The van der Waals surface area contributed by atoms with Crippen LogP contribution in [0.4, 0.5) is 0 Å². The van der Waals surface area contributed by atoms with Crippen LogP contribution in [-0.4, -0.2) is 9.97 Å². The molecule has 1 aromatic rings. The van der Waals surface area contributed by atoms with Crippen LogP contribution in [0.25, 0.3) is 0 Å². The van der Waals surface area contributed by atoms with Gasteiger partial charge in [-0.25, -0.2) is 0 Å². The maximum atomic E-state index is 4.34. The van der Waals surface area contributed by atoms with Gasteiger partial charge in [0.15, 0.2) is 0 Å². The Hall–Kier alpha value is -0.920. The fourth-order valence-corrected chi connectivity index (χ4v) is 1.49. The van der Waals surface area contributed by atoms with Crippen LogP contribution >= 0.6 is 0 Å². The molecule has 2 rings (SSSR count). The van der Waals surface area contributed by atoms with E-state index in [-0.39, 0.29) is 0 Å². The molecule has 1 radical (unpaired) electrons. The summed E-state index contributed by atoms with van der Waals surface area (Å²) in [6, 6.07) is 0. The number of fused-ring (bicyclic) bond motifs is 1. The van der Waals surface area contributed by atoms with E-state index in [0.717, 1.165) is 18.5 Å². The van der Waals surface area contributed by atoms with E-state index in [9.17, 15) is 0 Å². The highest BCUT2D eigenvalue weighted by Crippen LogP contribution is 2.16. The lowest BCUT2D eigenvalue weighted by Gasteiger charge is -2.12. The highest BCUT2D eigenvalue weighted by Gasteiger charge is 2.10. The number of rotatable bonds is 0. The molecule has 2 heteroatoms. The van der Waals surface area contributed by atoms with Crippen LogP contribution in [0.3, 0.4) is 0 Å². The van der Waals surface area contributed by atoms with Crippen LogP contribution in [0.5, 0.6) is 0 Å². The third-order valence-corrected chi connectivity index (χ3v) is 2.06. The van der Waals surface area contributed by atoms with Crippen molar-refractivity contribution >= 4 is 0 Å². The largest absolute Gasteiger partial charge is 0.258 e. The number of aryl methyl sites for hydroxylation is 2. The predicted molar refractivity (Wildman–Crippen MR) is 43.1 cm³/mol. The Balaban J connectivity index is 2.43. The van der Waals surface area contributed by atoms with Gasteiger partial charge in [-0.15, -0.1) is 0 Å². The molecule has 0 atom stereocenters. The van der Waals surface area contributed by atoms with E-state index in [1.54, 1.807) is 6.20 Å². The monoisotopic (exact) mass is 147 g/mol. The lowest BCUT2D eigenvalue weighted by molar-refractivity contribution is 0.647. The van der Waals surface area contributed by atoms with Gasteiger partial charge in [0.25, 0.3) is 0 Å². The van der Waals surface area contributed by atoms with Crippen LogP contribution in [0.2, 0.25) is 0 Å². The van der Waals surface area contributed by atoms with E-state index in [4.69, 9.17) is 0 Å². The van der Waals surface area contributed by atoms with Crippen LogP contribution < -0.4 is 0 Å². The lowest BCUT2D eigenvalue weighted by Crippen LogP contribution is -2.08. The molecule has 2 nitrogen and oxygen atoms in total. The molecule has 0 N–H and O–H groups in total. The van der Waals surface area contributed by atoms with Crippen molar-refractivity contribution < 1.29 is 0 Å². The molecule has 0 saturated carbocycles. The second-order valence-electron chi connectivity index (χ2n) is 2.96. The quantitative estimate of drug-likeness (QED) is 0.556. The molecule has 0 aliphatic heterocycles. The van der Waals surface area contributed by atoms with Gasteiger partial charge in [0, 0.05) is 6.20 Å². The van der Waals surface area contributed by atoms with E-state index in [2.05, 4.69) is 16.9 Å². The molecular formula is C9H11N2. The molecule has 0 bridgehead atoms. The number of hydrogen-bond donors (Lipinski definition) is 0. The number of hydrogen-bond acceptors (Lipinski definition) is 2. The van der Waals surface area contributed by atoms with Gasteiger partial charge in [-0.05, 0) is 32.6 Å². The molecule has 0 amide bonds. The maximum absolute atomic E-state index is 4.34. The third-order valence-electron chi connectivity index (χ3n) is 2.06. The summed E-state index contributed by atoms with van der Waals surface area (Å²) < 4.78 is 0. The summed E-state index contributed by atoms with van der Waals surface area (Å²) in [5, 5.41) is 0. The van der Waals surface area contributed by atoms with Crippen molar-refractivity contribution in [3.63, 3.8) is 0 Å². The fraction of sp³-hybridized carbons (Fsp3) is 0.444. The molecule has 0 aromatic carbocycles. The van der Waals surface area contributed by atoms with E-state index < -0.39 is 0 Å². The summed E-state index contributed by atoms with van der Waals surface area (Å²) in [5.74, 6) is 0. The first-order valence-corrected chi connectivity index (χ1v) is 4.03. The van der Waals surface area contributed by atoms with Crippen LogP contribution in [-0.2, 0) is 12.8 Å². The third kappa shape index (κ3) is 1.25. The van der Waals surface area contributed by atoms with Gasteiger partial charge in [0.1, 0.15) is 0 Å². The Bertz CT molecular complexity index is 268. The molecule has 0 spiro atoms. The van der Waals surface area contributed by atoms with Crippen LogP contribution in [0.15, 0.2) is 6.20 Å². The topological polar surface area (TPSA) is 25.8 Å². The van der Waals surface area contributed by atoms with E-state index in [0.29, 0.717) is 0 Å². The standard InChI is InChI=1S/C9H11N2/c1-7-6-10-8-4-2-3-5-9(8)11-7/h6H,1-5H2. The van der Waals surface area contributed by atoms with Gasteiger partial charge in [-0.2, -0.15) is 0 Å². The average Bonchev–Trinajstić information content (AvgIpc) is 2.04. The van der Waals surface area contributed by atoms with Crippen molar-refractivity contribution in [3.8, 4) is 0 Å². The Morgan fingerprint density at radius 2 is 1.91 bits per heavy atom. The van der Waals surface area contributed by atoms with E-state index in [1.807, 2.05) is 0 Å². The Morgan fingerprint density at radius 1 is 1.18 bits per heavy atom. The Kier molecular flexibility index (Phi) is 1.60. The van der Waals surface area contributed by atoms with Gasteiger partial charge in [0.2, 0.25) is 0 Å². The average molecular weight is 147 g/mol. The smallest absolute Gasteiger partial charge is 0.0622 e. The normalized spacial score (nSPS) is 16.1. The first kappa shape index (κ1) is 6.77. The zero-order valence-electron chi connectivity index (χ0n) is 6.51. The van der Waals surface area contributed by atoms with Crippen molar-refractivity contribution in [2.45, 2.75) is 25.7 Å². The Morgan fingerprint density at radius 3 is 2.73 bits per heavy atom. The summed E-state index contributed by atoms with van der Waals surface area (Å²) in [6.07, 6.45) is 6.46. The fourth-order valence-electron chi connectivity index (χ4n) is 1.49. The molecule has 57 valence electrons. The minimum Gasteiger partial charge on any atom is -0.258 e. The second-order valence-corrected chi connectivity index (χ2v) is 2.96. The van der Waals surface area contributed by atoms with E-state index in [1.165, 1.54) is 24.2 Å². The van der Waals surface area contributed by atoms with Crippen molar-refractivity contribution in [2.24, 2.45) is 0 Å². The maximum Gasteiger partial charge on any atom is 0.0622 e. The van der Waals surface area contributed by atoms with Gasteiger partial charge in [0.05, 0.1) is 17.1 Å². The van der Waals surface area contributed by atoms with Gasteiger partial charge < -0.3 is 0 Å². The first-order chi connectivity index (χ1) is 5.36. The molecule has 1 aromatic heterocycles. The summed E-state index contributed by atoms with van der Waals surface area (Å²) >= 11 is 0. The highest BCUT2D eigenvalue weighted by molar-refractivity contribution is 5.17. The van der Waals surface area contributed by atoms with Gasteiger partial charge in [-0.3, -0.25) is 9.97 Å². The Labute approximate surface area is 66.7 Å². The van der Waals surface area contributed by atoms with Crippen molar-refractivity contribution in [1.29, 1.82) is 0 Å². The second kappa shape index (κ2) is 2.61. The summed E-state index contributed by atoms with van der Waals surface area (Å²) in [5.41, 5.74) is 3.15. The van der Waals surface area contributed by atoms with Crippen LogP contribution in [0.1, 0.15) is 29.9 Å². The number of aromatic nitrogens is 2. The minimum absolute atomic E-state index is 0.797. The zero-order chi connectivity index (χ0) is 7.68. The van der Waals surface area contributed by atoms with Crippen molar-refractivity contribution in [3.05, 3.63) is 30.2 Å².